The van der Waals surface area contributed by atoms with Crippen LogP contribution in [0.25, 0.3) is 0 Å². The number of nitrogens with one attached hydrogen (secondary N) is 3. The van der Waals surface area contributed by atoms with Crippen LogP contribution < -0.4 is 16.0 Å². The number of amides is 2. The van der Waals surface area contributed by atoms with Gasteiger partial charge in [-0.3, -0.25) is 4.79 Å². The predicted molar refractivity (Wildman–Crippen MR) is 113 cm³/mol. The molecule has 0 aromatic heterocycles. The molecule has 158 valence electrons. The fraction of sp³-hybridized carbons (Fsp3) is 0.318. The highest BCUT2D eigenvalue weighted by molar-refractivity contribution is 6.00. The summed E-state index contributed by atoms with van der Waals surface area (Å²) >= 11 is 0. The number of rotatable bonds is 6. The highest BCUT2D eigenvalue weighted by Crippen LogP contribution is 2.31. The zero-order chi connectivity index (χ0) is 22.3. The summed E-state index contributed by atoms with van der Waals surface area (Å²) in [7, 11) is 0. The third-order valence-electron chi connectivity index (χ3n) is 3.98. The third kappa shape index (κ3) is 6.21. The minimum absolute atomic E-state index is 0.129. The number of para-hydroxylation sites is 1. The molecule has 0 aliphatic rings. The first-order valence-corrected chi connectivity index (χ1v) is 9.49. The number of nitrogens with zero attached hydrogens (tertiary/aromatic N) is 1. The molecule has 1 unspecified atom stereocenters. The minimum Gasteiger partial charge on any atom is -0.444 e. The van der Waals surface area contributed by atoms with Crippen LogP contribution in [0.3, 0.4) is 0 Å². The van der Waals surface area contributed by atoms with Crippen molar-refractivity contribution in [2.45, 2.75) is 45.8 Å². The Morgan fingerprint density at radius 3 is 2.40 bits per heavy atom. The number of ether oxygens (including phenoxy) is 1. The molecule has 0 bridgehead atoms. The van der Waals surface area contributed by atoms with Crippen LogP contribution >= 0.6 is 0 Å². The fourth-order valence-corrected chi connectivity index (χ4v) is 2.61. The van der Waals surface area contributed by atoms with E-state index in [1.165, 1.54) is 6.07 Å². The summed E-state index contributed by atoms with van der Waals surface area (Å²) in [4.78, 5) is 24.8. The molecule has 8 heteroatoms. The first kappa shape index (κ1) is 22.7. The van der Waals surface area contributed by atoms with Crippen LogP contribution in [0.5, 0.6) is 0 Å². The fourth-order valence-electron chi connectivity index (χ4n) is 2.61. The number of alkyl carbamates (subject to hydrolysis) is 1. The lowest BCUT2D eigenvalue weighted by atomic mass is 10.1. The second kappa shape index (κ2) is 9.74. The molecule has 2 aromatic rings. The quantitative estimate of drug-likeness (QED) is 0.639. The van der Waals surface area contributed by atoms with E-state index >= 15 is 0 Å². The summed E-state index contributed by atoms with van der Waals surface area (Å²) in [6.07, 6.45) is -0.414. The monoisotopic (exact) mass is 412 g/mol. The maximum Gasteiger partial charge on any atom is 0.408 e. The normalized spacial score (nSPS) is 11.7. The van der Waals surface area contributed by atoms with Gasteiger partial charge >= 0.3 is 6.09 Å². The molecule has 3 N–H and O–H groups in total. The summed E-state index contributed by atoms with van der Waals surface area (Å²) in [5.74, 6) is -1.23. The zero-order valence-electron chi connectivity index (χ0n) is 17.4. The van der Waals surface area contributed by atoms with Gasteiger partial charge in [0.25, 0.3) is 0 Å². The number of carbonyl (C=O) groups excluding carboxylic acids is 2. The van der Waals surface area contributed by atoms with Crippen molar-refractivity contribution in [3.63, 3.8) is 0 Å². The number of hydrogen-bond acceptors (Lipinski definition) is 5. The molecule has 0 aliphatic heterocycles. The lowest BCUT2D eigenvalue weighted by molar-refractivity contribution is -0.118. The van der Waals surface area contributed by atoms with Gasteiger partial charge in [0.1, 0.15) is 29.1 Å². The first-order chi connectivity index (χ1) is 14.1. The Balaban J connectivity index is 2.27. The molecular formula is C22H25FN4O3. The van der Waals surface area contributed by atoms with E-state index in [1.54, 1.807) is 52.0 Å². The van der Waals surface area contributed by atoms with E-state index in [-0.39, 0.29) is 16.9 Å². The highest BCUT2D eigenvalue weighted by atomic mass is 19.1. The minimum atomic E-state index is -0.875. The van der Waals surface area contributed by atoms with Gasteiger partial charge in [0.15, 0.2) is 0 Å². The van der Waals surface area contributed by atoms with Crippen molar-refractivity contribution in [3.05, 3.63) is 53.8 Å². The first-order valence-electron chi connectivity index (χ1n) is 9.49. The van der Waals surface area contributed by atoms with Gasteiger partial charge in [-0.15, -0.1) is 0 Å². The maximum absolute atomic E-state index is 14.2. The van der Waals surface area contributed by atoms with Crippen LogP contribution in [-0.2, 0) is 9.53 Å². The van der Waals surface area contributed by atoms with Crippen molar-refractivity contribution in [1.29, 1.82) is 5.26 Å². The number of halogens is 1. The average molecular weight is 412 g/mol. The van der Waals surface area contributed by atoms with Crippen LogP contribution in [0.4, 0.5) is 26.2 Å². The van der Waals surface area contributed by atoms with Crippen LogP contribution in [0.15, 0.2) is 42.5 Å². The lowest BCUT2D eigenvalue weighted by Gasteiger charge is -2.23. The summed E-state index contributed by atoms with van der Waals surface area (Å²) in [5.41, 5.74) is 0.0267. The van der Waals surface area contributed by atoms with Gasteiger partial charge in [0.05, 0.1) is 11.4 Å². The number of benzene rings is 2. The second-order valence-electron chi connectivity index (χ2n) is 7.54. The Labute approximate surface area is 175 Å². The van der Waals surface area contributed by atoms with E-state index in [9.17, 15) is 19.2 Å². The number of hydrogen-bond donors (Lipinski definition) is 3. The molecule has 30 heavy (non-hydrogen) atoms. The molecule has 0 saturated carbocycles. The van der Waals surface area contributed by atoms with Gasteiger partial charge in [0.2, 0.25) is 5.91 Å². The Hall–Kier alpha value is -3.60. The molecule has 2 amide bonds. The lowest BCUT2D eigenvalue weighted by Crippen LogP contribution is -2.45. The van der Waals surface area contributed by atoms with Crippen molar-refractivity contribution < 1.29 is 18.7 Å². The van der Waals surface area contributed by atoms with Gasteiger partial charge in [0, 0.05) is 5.69 Å². The van der Waals surface area contributed by atoms with Crippen molar-refractivity contribution in [2.75, 3.05) is 10.6 Å². The van der Waals surface area contributed by atoms with Crippen molar-refractivity contribution in [2.24, 2.45) is 0 Å². The van der Waals surface area contributed by atoms with Gasteiger partial charge in [-0.1, -0.05) is 25.1 Å². The predicted octanol–water partition coefficient (Wildman–Crippen LogP) is 4.68. The molecular weight excluding hydrogens is 387 g/mol. The van der Waals surface area contributed by atoms with E-state index in [0.29, 0.717) is 12.1 Å². The molecule has 2 aromatic carbocycles. The van der Waals surface area contributed by atoms with Gasteiger partial charge < -0.3 is 20.7 Å². The summed E-state index contributed by atoms with van der Waals surface area (Å²) in [6.45, 7) is 6.89. The molecule has 0 saturated heterocycles. The molecule has 0 heterocycles. The molecule has 2 rings (SSSR count). The van der Waals surface area contributed by atoms with Crippen LogP contribution in [0.2, 0.25) is 0 Å². The Kier molecular flexibility index (Phi) is 7.37. The highest BCUT2D eigenvalue weighted by Gasteiger charge is 2.24. The van der Waals surface area contributed by atoms with Crippen LogP contribution in [0.1, 0.15) is 39.7 Å². The number of carbonyl (C=O) groups is 2. The van der Waals surface area contributed by atoms with Crippen molar-refractivity contribution in [3.8, 4) is 6.07 Å². The van der Waals surface area contributed by atoms with Gasteiger partial charge in [-0.25, -0.2) is 9.18 Å². The molecule has 7 nitrogen and oxygen atoms in total. The number of nitriles is 1. The molecule has 0 spiro atoms. The summed E-state index contributed by atoms with van der Waals surface area (Å²) < 4.78 is 19.4. The molecule has 0 fully saturated rings. The van der Waals surface area contributed by atoms with E-state index in [0.717, 1.165) is 6.07 Å². The van der Waals surface area contributed by atoms with Crippen LogP contribution in [-0.4, -0.2) is 23.6 Å². The maximum atomic E-state index is 14.2. The Bertz CT molecular complexity index is 949. The van der Waals surface area contributed by atoms with E-state index in [4.69, 9.17) is 4.74 Å². The van der Waals surface area contributed by atoms with Crippen molar-refractivity contribution >= 4 is 29.1 Å². The molecule has 0 aliphatic carbocycles. The topological polar surface area (TPSA) is 103 Å². The summed E-state index contributed by atoms with van der Waals surface area (Å²) in [6, 6.07) is 12.3. The zero-order valence-corrected chi connectivity index (χ0v) is 17.4. The van der Waals surface area contributed by atoms with E-state index in [1.807, 2.05) is 12.1 Å². The summed E-state index contributed by atoms with van der Waals surface area (Å²) in [5, 5.41) is 17.6. The van der Waals surface area contributed by atoms with E-state index in [2.05, 4.69) is 16.0 Å². The van der Waals surface area contributed by atoms with Crippen LogP contribution in [0, 0.1) is 17.1 Å². The molecule has 1 atom stereocenters. The largest absolute Gasteiger partial charge is 0.444 e. The van der Waals surface area contributed by atoms with Gasteiger partial charge in [-0.2, -0.15) is 5.26 Å². The smallest absolute Gasteiger partial charge is 0.408 e. The third-order valence-corrected chi connectivity index (χ3v) is 3.98. The SMILES string of the molecule is CCC(NC(=O)OC(C)(C)C)C(=O)Nc1ccc(F)c(C#N)c1Nc1ccccc1. The Morgan fingerprint density at radius 1 is 1.17 bits per heavy atom. The Morgan fingerprint density at radius 2 is 1.83 bits per heavy atom. The number of anilines is 3. The average Bonchev–Trinajstić information content (AvgIpc) is 2.67. The van der Waals surface area contributed by atoms with E-state index < -0.39 is 29.5 Å². The molecule has 0 radical (unpaired) electrons. The van der Waals surface area contributed by atoms with Crippen molar-refractivity contribution in [1.82, 2.24) is 5.32 Å². The van der Waals surface area contributed by atoms with Gasteiger partial charge in [-0.05, 0) is 51.5 Å². The second-order valence-corrected chi connectivity index (χ2v) is 7.54. The standard InChI is InChI=1S/C22H25FN4O3/c1-5-17(27-21(29)30-22(2,3)4)20(28)26-18-12-11-16(23)15(13-24)19(18)25-14-9-7-6-8-10-14/h6-12,17,25H,5H2,1-4H3,(H,26,28)(H,27,29).